The molecule has 0 aromatic heterocycles. The van der Waals surface area contributed by atoms with Gasteiger partial charge in [0.25, 0.3) is 5.69 Å². The molecule has 0 atom stereocenters. The van der Waals surface area contributed by atoms with Crippen LogP contribution < -0.4 is 9.64 Å². The Kier molecular flexibility index (Phi) is 5.48. The number of non-ortho nitro benzene ring substituents is 1. The maximum absolute atomic E-state index is 12.6. The Balaban J connectivity index is 1.85. The Hall–Kier alpha value is -2.84. The number of fused-ring (bicyclic) bond motifs is 1. The molecule has 0 amide bonds. The fourth-order valence-electron chi connectivity index (χ4n) is 2.78. The zero-order chi connectivity index (χ0) is 19.6. The summed E-state index contributed by atoms with van der Waals surface area (Å²) in [6.07, 6.45) is 0. The molecule has 1 aliphatic heterocycles. The summed E-state index contributed by atoms with van der Waals surface area (Å²) in [4.78, 5) is 24.8. The lowest BCUT2D eigenvalue weighted by Crippen LogP contribution is -2.17. The minimum Gasteiger partial charge on any atom is -0.467 e. The molecule has 0 radical (unpaired) electrons. The first-order valence-corrected chi connectivity index (χ1v) is 8.39. The quantitative estimate of drug-likeness (QED) is 0.436. The van der Waals surface area contributed by atoms with Crippen molar-refractivity contribution in [1.82, 2.24) is 0 Å². The van der Waals surface area contributed by atoms with E-state index in [1.54, 1.807) is 31.1 Å². The van der Waals surface area contributed by atoms with E-state index in [0.29, 0.717) is 28.6 Å². The molecule has 0 fully saturated rings. The highest BCUT2D eigenvalue weighted by Gasteiger charge is 2.21. The van der Waals surface area contributed by atoms with Crippen molar-refractivity contribution in [3.8, 4) is 5.75 Å². The predicted octanol–water partition coefficient (Wildman–Crippen LogP) is 3.54. The van der Waals surface area contributed by atoms with Crippen molar-refractivity contribution in [1.29, 1.82) is 0 Å². The number of hydrogen-bond acceptors (Lipinski definition) is 7. The SMILES string of the molecule is CN(C)c1ccc([N+](=O)[O-])cc1C(=O)OCc1cc(Cl)cc2c1OCOC2. The summed E-state index contributed by atoms with van der Waals surface area (Å²) >= 11 is 6.10. The molecule has 2 aromatic carbocycles. The van der Waals surface area contributed by atoms with E-state index >= 15 is 0 Å². The Morgan fingerprint density at radius 1 is 1.33 bits per heavy atom. The first-order chi connectivity index (χ1) is 12.9. The van der Waals surface area contributed by atoms with Gasteiger partial charge in [0.2, 0.25) is 0 Å². The van der Waals surface area contributed by atoms with Crippen molar-refractivity contribution in [2.24, 2.45) is 0 Å². The van der Waals surface area contributed by atoms with Crippen molar-refractivity contribution >= 4 is 28.9 Å². The lowest BCUT2D eigenvalue weighted by Gasteiger charge is -2.21. The number of benzene rings is 2. The number of nitro groups is 1. The molecule has 0 aliphatic carbocycles. The molecule has 0 saturated heterocycles. The van der Waals surface area contributed by atoms with E-state index in [-0.39, 0.29) is 24.7 Å². The first kappa shape index (κ1) is 18.9. The summed E-state index contributed by atoms with van der Waals surface area (Å²) in [6.45, 7) is 0.370. The third-order valence-electron chi connectivity index (χ3n) is 4.00. The van der Waals surface area contributed by atoms with Crippen LogP contribution in [0.3, 0.4) is 0 Å². The fourth-order valence-corrected chi connectivity index (χ4v) is 3.04. The molecule has 0 spiro atoms. The highest BCUT2D eigenvalue weighted by Crippen LogP contribution is 2.32. The summed E-state index contributed by atoms with van der Waals surface area (Å²) < 4.78 is 16.1. The van der Waals surface area contributed by atoms with Gasteiger partial charge < -0.3 is 19.1 Å². The van der Waals surface area contributed by atoms with E-state index in [9.17, 15) is 14.9 Å². The molecule has 3 rings (SSSR count). The van der Waals surface area contributed by atoms with Crippen LogP contribution in [0.2, 0.25) is 5.02 Å². The Bertz CT molecular complexity index is 900. The number of halogens is 1. The molecule has 1 heterocycles. The number of ether oxygens (including phenoxy) is 3. The standard InChI is InChI=1S/C18H17ClN2O6/c1-20(2)16-4-3-14(21(23)24)7-15(16)18(22)26-9-12-6-13(19)5-11-8-25-10-27-17(11)12/h3-7H,8-10H2,1-2H3. The maximum Gasteiger partial charge on any atom is 0.340 e. The number of nitro benzene ring substituents is 1. The van der Waals surface area contributed by atoms with Crippen molar-refractivity contribution in [3.05, 3.63) is 62.2 Å². The zero-order valence-electron chi connectivity index (χ0n) is 14.7. The normalized spacial score (nSPS) is 12.7. The topological polar surface area (TPSA) is 91.1 Å². The summed E-state index contributed by atoms with van der Waals surface area (Å²) in [5.41, 5.74) is 1.81. The van der Waals surface area contributed by atoms with Crippen LogP contribution in [0, 0.1) is 10.1 Å². The second-order valence-corrected chi connectivity index (χ2v) is 6.53. The number of carbonyl (C=O) groups is 1. The number of carbonyl (C=O) groups excluding carboxylic acids is 1. The molecule has 27 heavy (non-hydrogen) atoms. The van der Waals surface area contributed by atoms with Gasteiger partial charge in [-0.15, -0.1) is 0 Å². The van der Waals surface area contributed by atoms with Crippen LogP contribution in [0.25, 0.3) is 0 Å². The smallest absolute Gasteiger partial charge is 0.340 e. The summed E-state index contributed by atoms with van der Waals surface area (Å²) in [5.74, 6) is -0.103. The van der Waals surface area contributed by atoms with Gasteiger partial charge >= 0.3 is 5.97 Å². The third kappa shape index (κ3) is 4.12. The Morgan fingerprint density at radius 3 is 2.81 bits per heavy atom. The van der Waals surface area contributed by atoms with Gasteiger partial charge in [0, 0.05) is 42.4 Å². The van der Waals surface area contributed by atoms with Gasteiger partial charge in [-0.1, -0.05) is 11.6 Å². The predicted molar refractivity (Wildman–Crippen MR) is 98.3 cm³/mol. The van der Waals surface area contributed by atoms with Gasteiger partial charge in [-0.25, -0.2) is 4.79 Å². The van der Waals surface area contributed by atoms with Crippen LogP contribution in [0.5, 0.6) is 5.75 Å². The molecule has 0 N–H and O–H groups in total. The second kappa shape index (κ2) is 7.81. The van der Waals surface area contributed by atoms with Crippen molar-refractivity contribution < 1.29 is 23.9 Å². The van der Waals surface area contributed by atoms with Crippen molar-refractivity contribution in [2.75, 3.05) is 25.8 Å². The highest BCUT2D eigenvalue weighted by atomic mass is 35.5. The molecule has 142 valence electrons. The molecule has 0 bridgehead atoms. The highest BCUT2D eigenvalue weighted by molar-refractivity contribution is 6.30. The molecule has 1 aliphatic rings. The number of nitrogens with zero attached hydrogens (tertiary/aromatic N) is 2. The van der Waals surface area contributed by atoms with Gasteiger partial charge in [-0.3, -0.25) is 10.1 Å². The van der Waals surface area contributed by atoms with Gasteiger partial charge in [0.1, 0.15) is 12.4 Å². The lowest BCUT2D eigenvalue weighted by atomic mass is 10.1. The molecule has 0 saturated carbocycles. The van der Waals surface area contributed by atoms with Gasteiger partial charge in [0.15, 0.2) is 6.79 Å². The molecule has 9 heteroatoms. The van der Waals surface area contributed by atoms with Crippen LogP contribution in [-0.4, -0.2) is 31.8 Å². The average Bonchev–Trinajstić information content (AvgIpc) is 2.65. The number of hydrogen-bond donors (Lipinski definition) is 0. The molecule has 0 unspecified atom stereocenters. The monoisotopic (exact) mass is 392 g/mol. The molecule has 8 nitrogen and oxygen atoms in total. The van der Waals surface area contributed by atoms with E-state index in [2.05, 4.69) is 0 Å². The van der Waals surface area contributed by atoms with Crippen LogP contribution in [0.1, 0.15) is 21.5 Å². The minimum absolute atomic E-state index is 0.0860. The fraction of sp³-hybridized carbons (Fsp3) is 0.278. The van der Waals surface area contributed by atoms with Gasteiger partial charge in [-0.05, 0) is 18.2 Å². The molecule has 2 aromatic rings. The zero-order valence-corrected chi connectivity index (χ0v) is 15.5. The van der Waals surface area contributed by atoms with E-state index in [1.807, 2.05) is 0 Å². The average molecular weight is 393 g/mol. The molecular formula is C18H17ClN2O6. The van der Waals surface area contributed by atoms with Crippen molar-refractivity contribution in [3.63, 3.8) is 0 Å². The number of esters is 1. The van der Waals surface area contributed by atoms with Gasteiger partial charge in [0.05, 0.1) is 22.8 Å². The van der Waals surface area contributed by atoms with Crippen LogP contribution in [-0.2, 0) is 22.7 Å². The van der Waals surface area contributed by atoms with Gasteiger partial charge in [-0.2, -0.15) is 0 Å². The number of rotatable bonds is 5. The third-order valence-corrected chi connectivity index (χ3v) is 4.22. The first-order valence-electron chi connectivity index (χ1n) is 8.01. The summed E-state index contributed by atoms with van der Waals surface area (Å²) in [5, 5.41) is 11.5. The van der Waals surface area contributed by atoms with E-state index < -0.39 is 10.9 Å². The van der Waals surface area contributed by atoms with E-state index in [4.69, 9.17) is 25.8 Å². The van der Waals surface area contributed by atoms with Crippen LogP contribution in [0.4, 0.5) is 11.4 Å². The number of anilines is 1. The van der Waals surface area contributed by atoms with Crippen LogP contribution in [0.15, 0.2) is 30.3 Å². The Morgan fingerprint density at radius 2 is 2.11 bits per heavy atom. The van der Waals surface area contributed by atoms with E-state index in [1.165, 1.54) is 18.2 Å². The van der Waals surface area contributed by atoms with Crippen LogP contribution >= 0.6 is 11.6 Å². The second-order valence-electron chi connectivity index (χ2n) is 6.09. The minimum atomic E-state index is -0.678. The lowest BCUT2D eigenvalue weighted by molar-refractivity contribution is -0.384. The largest absolute Gasteiger partial charge is 0.467 e. The van der Waals surface area contributed by atoms with E-state index in [0.717, 1.165) is 5.56 Å². The Labute approximate surface area is 160 Å². The molecular weight excluding hydrogens is 376 g/mol. The maximum atomic E-state index is 12.6. The summed E-state index contributed by atoms with van der Waals surface area (Å²) in [6, 6.07) is 7.44. The summed E-state index contributed by atoms with van der Waals surface area (Å²) in [7, 11) is 3.47. The van der Waals surface area contributed by atoms with Crippen molar-refractivity contribution in [2.45, 2.75) is 13.2 Å².